The Balaban J connectivity index is 1.70. The van der Waals surface area contributed by atoms with Gasteiger partial charge < -0.3 is 15.4 Å². The van der Waals surface area contributed by atoms with Gasteiger partial charge in [-0.2, -0.15) is 0 Å². The lowest BCUT2D eigenvalue weighted by Crippen LogP contribution is -2.45. The molecule has 0 saturated carbocycles. The minimum absolute atomic E-state index is 0.0206. The van der Waals surface area contributed by atoms with E-state index >= 15 is 0 Å². The molecule has 2 amide bonds. The number of carbonyl (C=O) groups is 2. The number of aliphatic imine (C=N–C) groups is 1. The second-order valence-electron chi connectivity index (χ2n) is 5.60. The molecule has 8 heteroatoms. The lowest BCUT2D eigenvalue weighted by Gasteiger charge is -2.21. The van der Waals surface area contributed by atoms with Gasteiger partial charge in [0.25, 0.3) is 0 Å². The third-order valence-corrected chi connectivity index (χ3v) is 3.94. The summed E-state index contributed by atoms with van der Waals surface area (Å²) in [5.41, 5.74) is 1.30. The number of nitrogens with one attached hydrogen (secondary N) is 3. The van der Waals surface area contributed by atoms with Crippen LogP contribution in [-0.4, -0.2) is 30.9 Å². The van der Waals surface area contributed by atoms with Gasteiger partial charge in [0.15, 0.2) is 0 Å². The van der Waals surface area contributed by atoms with Gasteiger partial charge in [0.2, 0.25) is 17.8 Å². The van der Waals surface area contributed by atoms with Gasteiger partial charge in [-0.25, -0.2) is 4.99 Å². The number of carbonyl (C=O) groups excluding carboxylic acids is 2. The maximum Gasteiger partial charge on any atom is 0.249 e. The molecule has 3 N–H and O–H groups in total. The molecule has 0 aliphatic carbocycles. The molecule has 26 heavy (non-hydrogen) atoms. The van der Waals surface area contributed by atoms with Crippen molar-refractivity contribution in [2.24, 2.45) is 4.99 Å². The number of rotatable bonds is 4. The van der Waals surface area contributed by atoms with Crippen molar-refractivity contribution in [1.82, 2.24) is 5.32 Å². The first kappa shape index (κ1) is 17.8. The fourth-order valence-corrected chi connectivity index (χ4v) is 2.50. The van der Waals surface area contributed by atoms with Gasteiger partial charge in [-0.15, -0.1) is 0 Å². The molecule has 0 bridgehead atoms. The summed E-state index contributed by atoms with van der Waals surface area (Å²) in [5.74, 6) is 0.288. The fourth-order valence-electron chi connectivity index (χ4n) is 2.38. The van der Waals surface area contributed by atoms with Crippen molar-refractivity contribution >= 4 is 40.7 Å². The summed E-state index contributed by atoms with van der Waals surface area (Å²) in [6.07, 6.45) is -0.0206. The number of methoxy groups -OCH3 is 1. The van der Waals surface area contributed by atoms with Gasteiger partial charge in [-0.3, -0.25) is 14.9 Å². The van der Waals surface area contributed by atoms with Crippen LogP contribution in [0.2, 0.25) is 5.02 Å². The van der Waals surface area contributed by atoms with E-state index in [0.29, 0.717) is 22.1 Å². The predicted octanol–water partition coefficient (Wildman–Crippen LogP) is 2.64. The zero-order valence-electron chi connectivity index (χ0n) is 14.0. The van der Waals surface area contributed by atoms with Crippen LogP contribution >= 0.6 is 11.6 Å². The summed E-state index contributed by atoms with van der Waals surface area (Å²) in [4.78, 5) is 28.6. The molecule has 1 aliphatic heterocycles. The Labute approximate surface area is 155 Å². The number of hydrogen-bond acceptors (Lipinski definition) is 5. The number of anilines is 2. The molecule has 0 fully saturated rings. The number of ether oxygens (including phenoxy) is 1. The average molecular weight is 373 g/mol. The van der Waals surface area contributed by atoms with E-state index in [4.69, 9.17) is 16.3 Å². The fraction of sp³-hybridized carbons (Fsp3) is 0.167. The monoisotopic (exact) mass is 372 g/mol. The number of guanidine groups is 1. The maximum absolute atomic E-state index is 12.4. The van der Waals surface area contributed by atoms with E-state index in [2.05, 4.69) is 20.9 Å². The van der Waals surface area contributed by atoms with Gasteiger partial charge in [-0.1, -0.05) is 11.6 Å². The Morgan fingerprint density at radius 1 is 1.15 bits per heavy atom. The summed E-state index contributed by atoms with van der Waals surface area (Å²) in [6.45, 7) is 0. The van der Waals surface area contributed by atoms with Crippen LogP contribution in [0.5, 0.6) is 5.75 Å². The molecule has 2 aromatic rings. The molecule has 0 spiro atoms. The molecule has 1 atom stereocenters. The molecule has 2 aromatic carbocycles. The zero-order chi connectivity index (χ0) is 18.5. The van der Waals surface area contributed by atoms with Crippen LogP contribution in [0.4, 0.5) is 11.4 Å². The number of amides is 2. The normalized spacial score (nSPS) is 16.3. The number of hydrogen-bond donors (Lipinski definition) is 3. The van der Waals surface area contributed by atoms with Crippen LogP contribution in [0.25, 0.3) is 0 Å². The highest BCUT2D eigenvalue weighted by Crippen LogP contribution is 2.17. The minimum Gasteiger partial charge on any atom is -0.497 e. The third-order valence-electron chi connectivity index (χ3n) is 3.69. The second-order valence-corrected chi connectivity index (χ2v) is 6.03. The van der Waals surface area contributed by atoms with Gasteiger partial charge in [0.1, 0.15) is 11.8 Å². The lowest BCUT2D eigenvalue weighted by atomic mass is 10.1. The molecule has 1 unspecified atom stereocenters. The largest absolute Gasteiger partial charge is 0.497 e. The average Bonchev–Trinajstić information content (AvgIpc) is 2.64. The van der Waals surface area contributed by atoms with Gasteiger partial charge in [-0.05, 0) is 48.5 Å². The summed E-state index contributed by atoms with van der Waals surface area (Å²) in [7, 11) is 1.58. The van der Waals surface area contributed by atoms with Crippen LogP contribution in [0.15, 0.2) is 53.5 Å². The predicted molar refractivity (Wildman–Crippen MR) is 101 cm³/mol. The van der Waals surface area contributed by atoms with E-state index < -0.39 is 6.04 Å². The smallest absolute Gasteiger partial charge is 0.249 e. The zero-order valence-corrected chi connectivity index (χ0v) is 14.7. The van der Waals surface area contributed by atoms with Crippen molar-refractivity contribution in [3.05, 3.63) is 53.6 Å². The number of halogens is 1. The first-order valence-corrected chi connectivity index (χ1v) is 8.26. The number of benzene rings is 2. The highest BCUT2D eigenvalue weighted by molar-refractivity contribution is 6.30. The first-order valence-electron chi connectivity index (χ1n) is 7.88. The Morgan fingerprint density at radius 2 is 1.81 bits per heavy atom. The molecule has 1 heterocycles. The highest BCUT2D eigenvalue weighted by atomic mass is 35.5. The van der Waals surface area contributed by atoms with E-state index in [-0.39, 0.29) is 24.2 Å². The Morgan fingerprint density at radius 3 is 2.46 bits per heavy atom. The van der Waals surface area contributed by atoms with E-state index in [1.165, 1.54) is 0 Å². The van der Waals surface area contributed by atoms with E-state index in [1.807, 2.05) is 0 Å². The Bertz CT molecular complexity index is 835. The highest BCUT2D eigenvalue weighted by Gasteiger charge is 2.27. The van der Waals surface area contributed by atoms with Gasteiger partial charge >= 0.3 is 0 Å². The molecule has 7 nitrogen and oxygen atoms in total. The van der Waals surface area contributed by atoms with Crippen molar-refractivity contribution in [2.75, 3.05) is 17.7 Å². The molecule has 0 aromatic heterocycles. The van der Waals surface area contributed by atoms with Crippen LogP contribution in [0.3, 0.4) is 0 Å². The van der Waals surface area contributed by atoms with Crippen molar-refractivity contribution in [2.45, 2.75) is 12.5 Å². The standard InChI is InChI=1S/C18H17ClN4O3/c1-26-14-8-6-13(7-9-14)21-18-22-15(10-16(24)23-18)17(25)20-12-4-2-11(19)3-5-12/h2-9,15H,10H2,1H3,(H,20,25)(H2,21,22,23,24). The van der Waals surface area contributed by atoms with Gasteiger partial charge in [0.05, 0.1) is 13.5 Å². The SMILES string of the molecule is COc1ccc(NC2=NC(C(=O)Nc3ccc(Cl)cc3)CC(=O)N2)cc1. The molecule has 1 aliphatic rings. The lowest BCUT2D eigenvalue weighted by molar-refractivity contribution is -0.124. The van der Waals surface area contributed by atoms with E-state index in [9.17, 15) is 9.59 Å². The first-order chi connectivity index (χ1) is 12.5. The van der Waals surface area contributed by atoms with Crippen LogP contribution < -0.4 is 20.7 Å². The summed E-state index contributed by atoms with van der Waals surface area (Å²) >= 11 is 5.83. The molecule has 0 radical (unpaired) electrons. The van der Waals surface area contributed by atoms with Crippen molar-refractivity contribution in [1.29, 1.82) is 0 Å². The summed E-state index contributed by atoms with van der Waals surface area (Å²) < 4.78 is 5.10. The molecule has 0 saturated heterocycles. The van der Waals surface area contributed by atoms with E-state index in [1.54, 1.807) is 55.6 Å². The van der Waals surface area contributed by atoms with Crippen LogP contribution in [-0.2, 0) is 9.59 Å². The van der Waals surface area contributed by atoms with Crippen LogP contribution in [0, 0.1) is 0 Å². The Hall–Kier alpha value is -3.06. The molecular formula is C18H17ClN4O3. The van der Waals surface area contributed by atoms with Crippen molar-refractivity contribution in [3.63, 3.8) is 0 Å². The molecule has 134 valence electrons. The summed E-state index contributed by atoms with van der Waals surface area (Å²) in [5, 5.41) is 8.91. The minimum atomic E-state index is -0.819. The van der Waals surface area contributed by atoms with E-state index in [0.717, 1.165) is 0 Å². The molecular weight excluding hydrogens is 356 g/mol. The summed E-state index contributed by atoms with van der Waals surface area (Å²) in [6, 6.07) is 13.0. The number of nitrogens with zero attached hydrogens (tertiary/aromatic N) is 1. The quantitative estimate of drug-likeness (QED) is 0.769. The Kier molecular flexibility index (Phi) is 5.38. The van der Waals surface area contributed by atoms with Gasteiger partial charge in [0, 0.05) is 16.4 Å². The third kappa shape index (κ3) is 4.52. The maximum atomic E-state index is 12.4. The molecule has 3 rings (SSSR count). The van der Waals surface area contributed by atoms with Crippen molar-refractivity contribution < 1.29 is 14.3 Å². The topological polar surface area (TPSA) is 91.8 Å². The second kappa shape index (κ2) is 7.88. The van der Waals surface area contributed by atoms with Crippen LogP contribution in [0.1, 0.15) is 6.42 Å². The van der Waals surface area contributed by atoms with Crippen molar-refractivity contribution in [3.8, 4) is 5.75 Å².